The zero-order chi connectivity index (χ0) is 20.6. The smallest absolute Gasteiger partial charge is 0.264 e. The van der Waals surface area contributed by atoms with E-state index < -0.39 is 10.0 Å². The summed E-state index contributed by atoms with van der Waals surface area (Å²) in [6.07, 6.45) is 4.61. The molecular formula is C22H25BrN2O3S. The Hall–Kier alpha value is -1.86. The van der Waals surface area contributed by atoms with Crippen LogP contribution in [-0.2, 0) is 14.8 Å². The van der Waals surface area contributed by atoms with Crippen LogP contribution in [0.1, 0.15) is 31.2 Å². The van der Waals surface area contributed by atoms with Gasteiger partial charge in [0.05, 0.1) is 10.6 Å². The lowest BCUT2D eigenvalue weighted by molar-refractivity contribution is -0.120. The van der Waals surface area contributed by atoms with Crippen molar-refractivity contribution in [2.24, 2.45) is 11.8 Å². The van der Waals surface area contributed by atoms with Crippen molar-refractivity contribution in [3.05, 3.63) is 58.6 Å². The highest BCUT2D eigenvalue weighted by molar-refractivity contribution is 9.10. The van der Waals surface area contributed by atoms with Gasteiger partial charge in [-0.2, -0.15) is 0 Å². The summed E-state index contributed by atoms with van der Waals surface area (Å²) < 4.78 is 28.8. The molecule has 0 spiro atoms. The first-order valence-electron chi connectivity index (χ1n) is 9.97. The van der Waals surface area contributed by atoms with Gasteiger partial charge in [-0.1, -0.05) is 40.0 Å². The van der Waals surface area contributed by atoms with Gasteiger partial charge in [0.15, 0.2) is 0 Å². The fourth-order valence-electron chi connectivity index (χ4n) is 4.56. The largest absolute Gasteiger partial charge is 0.352 e. The molecule has 1 amide bonds. The highest BCUT2D eigenvalue weighted by Gasteiger charge is 2.40. The molecule has 1 N–H and O–H groups in total. The highest BCUT2D eigenvalue weighted by Crippen LogP contribution is 2.44. The summed E-state index contributed by atoms with van der Waals surface area (Å²) in [6.45, 7) is 1.68. The summed E-state index contributed by atoms with van der Waals surface area (Å²) in [5.74, 6) is 1.00. The van der Waals surface area contributed by atoms with E-state index in [-0.39, 0.29) is 23.4 Å². The number of aryl methyl sites for hydroxylation is 1. The lowest BCUT2D eigenvalue weighted by atomic mass is 9.95. The molecule has 2 aromatic carbocycles. The van der Waals surface area contributed by atoms with Crippen LogP contribution in [0.5, 0.6) is 0 Å². The van der Waals surface area contributed by atoms with Crippen molar-refractivity contribution >= 4 is 37.5 Å². The van der Waals surface area contributed by atoms with E-state index in [4.69, 9.17) is 0 Å². The number of halogens is 1. The first-order valence-corrected chi connectivity index (χ1v) is 12.2. The van der Waals surface area contributed by atoms with Crippen LogP contribution in [0.3, 0.4) is 0 Å². The summed E-state index contributed by atoms with van der Waals surface area (Å²) >= 11 is 3.38. The minimum atomic E-state index is -3.87. The number of hydrogen-bond donors (Lipinski definition) is 1. The van der Waals surface area contributed by atoms with E-state index in [0.29, 0.717) is 17.5 Å². The van der Waals surface area contributed by atoms with E-state index in [0.717, 1.165) is 22.9 Å². The summed E-state index contributed by atoms with van der Waals surface area (Å²) in [6, 6.07) is 13.9. The first-order chi connectivity index (χ1) is 13.8. The van der Waals surface area contributed by atoms with Gasteiger partial charge in [-0.3, -0.25) is 9.10 Å². The SMILES string of the molecule is Cc1ccc(S(=O)(=O)N(CC(=O)N[C@@H]2C[C@@H]3CC[C@@H]2C3)c2ccc(Br)cc2)cc1. The Labute approximate surface area is 180 Å². The molecule has 7 heteroatoms. The Morgan fingerprint density at radius 3 is 2.34 bits per heavy atom. The third-order valence-electron chi connectivity index (χ3n) is 6.10. The number of nitrogens with one attached hydrogen (secondary N) is 1. The zero-order valence-corrected chi connectivity index (χ0v) is 18.7. The molecule has 2 aliphatic carbocycles. The Morgan fingerprint density at radius 2 is 1.76 bits per heavy atom. The van der Waals surface area contributed by atoms with E-state index in [9.17, 15) is 13.2 Å². The van der Waals surface area contributed by atoms with E-state index >= 15 is 0 Å². The molecule has 4 rings (SSSR count). The van der Waals surface area contributed by atoms with Gasteiger partial charge in [-0.05, 0) is 74.4 Å². The zero-order valence-electron chi connectivity index (χ0n) is 16.3. The predicted octanol–water partition coefficient (Wildman–Crippen LogP) is 4.26. The molecule has 29 heavy (non-hydrogen) atoms. The van der Waals surface area contributed by atoms with Crippen LogP contribution < -0.4 is 9.62 Å². The number of carbonyl (C=O) groups is 1. The number of sulfonamides is 1. The van der Waals surface area contributed by atoms with Gasteiger partial charge in [-0.15, -0.1) is 0 Å². The molecule has 0 radical (unpaired) electrons. The second-order valence-corrected chi connectivity index (χ2v) is 10.9. The fourth-order valence-corrected chi connectivity index (χ4v) is 6.25. The standard InChI is InChI=1S/C22H25BrN2O3S/c1-15-2-10-20(11-3-15)29(27,28)25(19-8-6-18(23)7-9-19)14-22(26)24-21-13-16-4-5-17(21)12-16/h2-3,6-11,16-17,21H,4-5,12-14H2,1H3,(H,24,26)/t16-,17-,21-/m1/s1. The minimum Gasteiger partial charge on any atom is -0.352 e. The van der Waals surface area contributed by atoms with Gasteiger partial charge < -0.3 is 5.32 Å². The highest BCUT2D eigenvalue weighted by atomic mass is 79.9. The molecule has 5 nitrogen and oxygen atoms in total. The predicted molar refractivity (Wildman–Crippen MR) is 117 cm³/mol. The van der Waals surface area contributed by atoms with E-state index in [1.807, 2.05) is 6.92 Å². The summed E-state index contributed by atoms with van der Waals surface area (Å²) in [5.41, 5.74) is 1.45. The number of carbonyl (C=O) groups excluding carboxylic acids is 1. The summed E-state index contributed by atoms with van der Waals surface area (Å²) in [7, 11) is -3.87. The van der Waals surface area contributed by atoms with E-state index in [2.05, 4.69) is 21.2 Å². The molecule has 2 bridgehead atoms. The molecule has 0 aliphatic heterocycles. The topological polar surface area (TPSA) is 66.5 Å². The molecule has 0 unspecified atom stereocenters. The van der Waals surface area contributed by atoms with Crippen LogP contribution in [0.25, 0.3) is 0 Å². The lowest BCUT2D eigenvalue weighted by Gasteiger charge is -2.27. The molecule has 0 aromatic heterocycles. The molecular weight excluding hydrogens is 452 g/mol. The van der Waals surface area contributed by atoms with Crippen molar-refractivity contribution in [2.45, 2.75) is 43.5 Å². The fraction of sp³-hybridized carbons (Fsp3) is 0.409. The van der Waals surface area contributed by atoms with Crippen molar-refractivity contribution in [1.82, 2.24) is 5.32 Å². The maximum absolute atomic E-state index is 13.4. The van der Waals surface area contributed by atoms with E-state index in [1.54, 1.807) is 48.5 Å². The van der Waals surface area contributed by atoms with Crippen molar-refractivity contribution in [2.75, 3.05) is 10.8 Å². The van der Waals surface area contributed by atoms with E-state index in [1.165, 1.54) is 17.1 Å². The molecule has 2 aromatic rings. The molecule has 2 aliphatic rings. The monoisotopic (exact) mass is 476 g/mol. The number of hydrogen-bond acceptors (Lipinski definition) is 3. The Kier molecular flexibility index (Phi) is 5.71. The van der Waals surface area contributed by atoms with Gasteiger partial charge in [0, 0.05) is 10.5 Å². The maximum Gasteiger partial charge on any atom is 0.264 e. The summed E-state index contributed by atoms with van der Waals surface area (Å²) in [4.78, 5) is 13.0. The van der Waals surface area contributed by atoms with Crippen molar-refractivity contribution in [3.8, 4) is 0 Å². The van der Waals surface area contributed by atoms with Gasteiger partial charge in [0.1, 0.15) is 6.54 Å². The van der Waals surface area contributed by atoms with Crippen LogP contribution in [0.2, 0.25) is 0 Å². The number of amides is 1. The van der Waals surface area contributed by atoms with Crippen LogP contribution >= 0.6 is 15.9 Å². The average molecular weight is 477 g/mol. The first kappa shape index (κ1) is 20.4. The van der Waals surface area contributed by atoms with Gasteiger partial charge in [0.25, 0.3) is 10.0 Å². The number of nitrogens with zero attached hydrogens (tertiary/aromatic N) is 1. The maximum atomic E-state index is 13.4. The molecule has 0 heterocycles. The minimum absolute atomic E-state index is 0.176. The number of rotatable bonds is 6. The molecule has 2 saturated carbocycles. The second-order valence-electron chi connectivity index (χ2n) is 8.15. The average Bonchev–Trinajstić information content (AvgIpc) is 3.30. The van der Waals surface area contributed by atoms with Crippen molar-refractivity contribution in [3.63, 3.8) is 0 Å². The van der Waals surface area contributed by atoms with Gasteiger partial charge in [0.2, 0.25) is 5.91 Å². The molecule has 0 saturated heterocycles. The molecule has 3 atom stereocenters. The normalized spacial score (nSPS) is 23.2. The van der Waals surface area contributed by atoms with Crippen LogP contribution in [0.4, 0.5) is 5.69 Å². The lowest BCUT2D eigenvalue weighted by Crippen LogP contribution is -2.46. The number of anilines is 1. The third kappa shape index (κ3) is 4.36. The Bertz CT molecular complexity index is 990. The quantitative estimate of drug-likeness (QED) is 0.677. The van der Waals surface area contributed by atoms with Crippen molar-refractivity contribution < 1.29 is 13.2 Å². The van der Waals surface area contributed by atoms with Gasteiger partial charge >= 0.3 is 0 Å². The van der Waals surface area contributed by atoms with Crippen LogP contribution in [0, 0.1) is 18.8 Å². The Balaban J connectivity index is 1.59. The number of benzene rings is 2. The third-order valence-corrected chi connectivity index (χ3v) is 8.41. The summed E-state index contributed by atoms with van der Waals surface area (Å²) in [5, 5.41) is 3.10. The van der Waals surface area contributed by atoms with Gasteiger partial charge in [-0.25, -0.2) is 8.42 Å². The second kappa shape index (κ2) is 8.11. The van der Waals surface area contributed by atoms with Crippen LogP contribution in [0.15, 0.2) is 57.9 Å². The molecule has 2 fully saturated rings. The Morgan fingerprint density at radius 1 is 1.07 bits per heavy atom. The van der Waals surface area contributed by atoms with Crippen LogP contribution in [-0.4, -0.2) is 26.9 Å². The number of fused-ring (bicyclic) bond motifs is 2. The molecule has 154 valence electrons. The van der Waals surface area contributed by atoms with Crippen molar-refractivity contribution in [1.29, 1.82) is 0 Å².